The van der Waals surface area contributed by atoms with Crippen LogP contribution in [0.5, 0.6) is 0 Å². The number of carbonyl (C=O) groups excluding carboxylic acids is 2. The third-order valence-corrected chi connectivity index (χ3v) is 4.25. The highest BCUT2D eigenvalue weighted by Gasteiger charge is 2.33. The normalized spacial score (nSPS) is 17.2. The van der Waals surface area contributed by atoms with E-state index in [0.29, 0.717) is 30.9 Å². The van der Waals surface area contributed by atoms with Crippen LogP contribution < -0.4 is 5.73 Å². The van der Waals surface area contributed by atoms with E-state index in [2.05, 4.69) is 5.10 Å². The molecule has 1 saturated heterocycles. The number of likely N-dealkylation sites (tertiary alicyclic amines) is 1. The van der Waals surface area contributed by atoms with Gasteiger partial charge in [0.2, 0.25) is 5.91 Å². The van der Waals surface area contributed by atoms with Gasteiger partial charge in [-0.2, -0.15) is 5.10 Å². The lowest BCUT2D eigenvalue weighted by molar-refractivity contribution is -0.134. The minimum atomic E-state index is -0.249. The number of benzene rings is 1. The third-order valence-electron chi connectivity index (χ3n) is 4.25. The van der Waals surface area contributed by atoms with Gasteiger partial charge in [-0.1, -0.05) is 18.2 Å². The molecule has 2 N–H and O–H groups in total. The molecule has 1 amide bonds. The number of hydrogen-bond donors (Lipinski definition) is 1. The molecule has 0 radical (unpaired) electrons. The van der Waals surface area contributed by atoms with Gasteiger partial charge in [-0.25, -0.2) is 4.68 Å². The molecule has 1 aliphatic rings. The van der Waals surface area contributed by atoms with Crippen LogP contribution in [0.3, 0.4) is 0 Å². The van der Waals surface area contributed by atoms with Gasteiger partial charge in [0.05, 0.1) is 17.4 Å². The van der Waals surface area contributed by atoms with Crippen LogP contribution in [0.4, 0.5) is 5.82 Å². The van der Waals surface area contributed by atoms with Gasteiger partial charge in [-0.15, -0.1) is 0 Å². The number of nitrogen functional groups attached to an aromatic ring is 1. The van der Waals surface area contributed by atoms with Gasteiger partial charge in [-0.05, 0) is 18.6 Å². The monoisotopic (exact) mass is 328 g/mol. The van der Waals surface area contributed by atoms with E-state index in [0.717, 1.165) is 5.69 Å². The van der Waals surface area contributed by atoms with E-state index in [1.165, 1.54) is 13.3 Å². The molecule has 0 unspecified atom stereocenters. The largest absolute Gasteiger partial charge is 0.383 e. The van der Waals surface area contributed by atoms with Crippen molar-refractivity contribution in [2.24, 2.45) is 5.92 Å². The minimum Gasteiger partial charge on any atom is -0.383 e. The van der Waals surface area contributed by atoms with Crippen molar-refractivity contribution in [2.75, 3.05) is 32.5 Å². The number of nitrogens with zero attached hydrogens (tertiary/aromatic N) is 3. The first-order chi connectivity index (χ1) is 11.6. The number of nitrogens with two attached hydrogens (primary N) is 1. The Morgan fingerprint density at radius 2 is 2.08 bits per heavy atom. The van der Waals surface area contributed by atoms with Crippen molar-refractivity contribution >= 4 is 17.5 Å². The van der Waals surface area contributed by atoms with Crippen molar-refractivity contribution in [3.05, 3.63) is 42.1 Å². The predicted octanol–water partition coefficient (Wildman–Crippen LogP) is 1.13. The number of para-hydroxylation sites is 1. The molecule has 126 valence electrons. The second kappa shape index (κ2) is 6.84. The highest BCUT2D eigenvalue weighted by Crippen LogP contribution is 2.25. The number of amides is 1. The molecule has 7 nitrogen and oxygen atoms in total. The summed E-state index contributed by atoms with van der Waals surface area (Å²) in [4.78, 5) is 26.2. The number of aromatic nitrogens is 2. The predicted molar refractivity (Wildman–Crippen MR) is 88.9 cm³/mol. The molecular weight excluding hydrogens is 308 g/mol. The first-order valence-corrected chi connectivity index (χ1v) is 7.81. The van der Waals surface area contributed by atoms with E-state index in [1.54, 1.807) is 9.58 Å². The number of rotatable bonds is 5. The molecule has 2 aromatic rings. The van der Waals surface area contributed by atoms with Crippen LogP contribution in [0.2, 0.25) is 0 Å². The molecule has 0 aliphatic carbocycles. The molecular formula is C17H20N4O3. The van der Waals surface area contributed by atoms with Crippen molar-refractivity contribution in [2.45, 2.75) is 6.42 Å². The van der Waals surface area contributed by atoms with Crippen LogP contribution in [0.15, 0.2) is 36.5 Å². The Hall–Kier alpha value is -2.67. The summed E-state index contributed by atoms with van der Waals surface area (Å²) in [6, 6.07) is 9.42. The smallest absolute Gasteiger partial charge is 0.248 e. The lowest BCUT2D eigenvalue weighted by Crippen LogP contribution is -2.32. The molecule has 1 atom stereocenters. The van der Waals surface area contributed by atoms with E-state index in [-0.39, 0.29) is 24.2 Å². The maximum Gasteiger partial charge on any atom is 0.248 e. The lowest BCUT2D eigenvalue weighted by Gasteiger charge is -2.15. The zero-order valence-electron chi connectivity index (χ0n) is 13.5. The Labute approximate surface area is 140 Å². The summed E-state index contributed by atoms with van der Waals surface area (Å²) in [5.41, 5.74) is 7.34. The Bertz CT molecular complexity index is 742. The van der Waals surface area contributed by atoms with E-state index >= 15 is 0 Å². The molecule has 0 spiro atoms. The molecule has 1 aliphatic heterocycles. The quantitative estimate of drug-likeness (QED) is 0.831. The van der Waals surface area contributed by atoms with Gasteiger partial charge in [-0.3, -0.25) is 9.59 Å². The molecule has 0 bridgehead atoms. The first kappa shape index (κ1) is 16.2. The van der Waals surface area contributed by atoms with Crippen molar-refractivity contribution in [1.82, 2.24) is 14.7 Å². The number of anilines is 1. The Balaban J connectivity index is 1.75. The summed E-state index contributed by atoms with van der Waals surface area (Å²) in [5, 5.41) is 4.23. The van der Waals surface area contributed by atoms with E-state index in [4.69, 9.17) is 10.5 Å². The van der Waals surface area contributed by atoms with Gasteiger partial charge in [0, 0.05) is 26.1 Å². The van der Waals surface area contributed by atoms with Crippen molar-refractivity contribution < 1.29 is 14.3 Å². The highest BCUT2D eigenvalue weighted by atomic mass is 16.5. The SMILES string of the molecule is COCC(=O)N1CC[C@H](C(=O)c2cnn(-c3ccccc3)c2N)C1. The summed E-state index contributed by atoms with van der Waals surface area (Å²) >= 11 is 0. The summed E-state index contributed by atoms with van der Waals surface area (Å²) in [6.45, 7) is 0.997. The number of ketones is 1. The molecule has 3 rings (SSSR count). The summed E-state index contributed by atoms with van der Waals surface area (Å²) in [6.07, 6.45) is 2.13. The molecule has 1 fully saturated rings. The topological polar surface area (TPSA) is 90.5 Å². The fourth-order valence-corrected chi connectivity index (χ4v) is 2.96. The second-order valence-electron chi connectivity index (χ2n) is 5.81. The van der Waals surface area contributed by atoms with Gasteiger partial charge in [0.15, 0.2) is 5.78 Å². The number of methoxy groups -OCH3 is 1. The number of hydrogen-bond acceptors (Lipinski definition) is 5. The zero-order valence-corrected chi connectivity index (χ0v) is 13.5. The van der Waals surface area contributed by atoms with E-state index in [9.17, 15) is 9.59 Å². The number of ether oxygens (including phenoxy) is 1. The van der Waals surface area contributed by atoms with Gasteiger partial charge < -0.3 is 15.4 Å². The van der Waals surface area contributed by atoms with Crippen LogP contribution in [-0.2, 0) is 9.53 Å². The standard InChI is InChI=1S/C17H20N4O3/c1-24-11-15(22)20-8-7-12(10-20)16(23)14-9-19-21(17(14)18)13-5-3-2-4-6-13/h2-6,9,12H,7-8,10-11,18H2,1H3/t12-/m0/s1. The summed E-state index contributed by atoms with van der Waals surface area (Å²) in [5.74, 6) is -0.0856. The maximum absolute atomic E-state index is 12.7. The molecule has 1 aromatic heterocycles. The van der Waals surface area contributed by atoms with Gasteiger partial charge >= 0.3 is 0 Å². The van der Waals surface area contributed by atoms with Crippen LogP contribution >= 0.6 is 0 Å². The highest BCUT2D eigenvalue weighted by molar-refractivity contribution is 6.02. The first-order valence-electron chi connectivity index (χ1n) is 7.81. The Kier molecular flexibility index (Phi) is 4.61. The van der Waals surface area contributed by atoms with Crippen molar-refractivity contribution in [3.8, 4) is 5.69 Å². The summed E-state index contributed by atoms with van der Waals surface area (Å²) < 4.78 is 6.41. The molecule has 1 aromatic carbocycles. The van der Waals surface area contributed by atoms with E-state index < -0.39 is 0 Å². The Morgan fingerprint density at radius 1 is 1.33 bits per heavy atom. The zero-order chi connectivity index (χ0) is 17.1. The second-order valence-corrected chi connectivity index (χ2v) is 5.81. The fourth-order valence-electron chi connectivity index (χ4n) is 2.96. The van der Waals surface area contributed by atoms with Crippen molar-refractivity contribution in [3.63, 3.8) is 0 Å². The van der Waals surface area contributed by atoms with Crippen LogP contribution in [0, 0.1) is 5.92 Å². The van der Waals surface area contributed by atoms with Crippen LogP contribution in [-0.4, -0.2) is 53.2 Å². The van der Waals surface area contributed by atoms with Gasteiger partial charge in [0.1, 0.15) is 12.4 Å². The maximum atomic E-state index is 12.7. The molecule has 2 heterocycles. The average Bonchev–Trinajstić information content (AvgIpc) is 3.22. The third kappa shape index (κ3) is 3.03. The average molecular weight is 328 g/mol. The number of Topliss-reactive ketones (excluding diaryl/α,β-unsaturated/α-hetero) is 1. The molecule has 24 heavy (non-hydrogen) atoms. The van der Waals surface area contributed by atoms with Gasteiger partial charge in [0.25, 0.3) is 0 Å². The van der Waals surface area contributed by atoms with Crippen LogP contribution in [0.1, 0.15) is 16.8 Å². The van der Waals surface area contributed by atoms with Crippen LogP contribution in [0.25, 0.3) is 5.69 Å². The van der Waals surface area contributed by atoms with E-state index in [1.807, 2.05) is 30.3 Å². The molecule has 0 saturated carbocycles. The Morgan fingerprint density at radius 3 is 2.79 bits per heavy atom. The number of carbonyl (C=O) groups is 2. The fraction of sp³-hybridized carbons (Fsp3) is 0.353. The molecule has 7 heteroatoms. The summed E-state index contributed by atoms with van der Waals surface area (Å²) in [7, 11) is 1.48. The van der Waals surface area contributed by atoms with Crippen molar-refractivity contribution in [1.29, 1.82) is 0 Å². The minimum absolute atomic E-state index is 0.0367. The lowest BCUT2D eigenvalue weighted by atomic mass is 9.98.